The molecule has 1 amide bonds. The van der Waals surface area contributed by atoms with Crippen molar-refractivity contribution < 1.29 is 70.1 Å². The van der Waals surface area contributed by atoms with Gasteiger partial charge in [0.25, 0.3) is 0 Å². The van der Waals surface area contributed by atoms with Gasteiger partial charge in [0.15, 0.2) is 16.1 Å². The zero-order valence-electron chi connectivity index (χ0n) is 97.6. The van der Waals surface area contributed by atoms with Crippen LogP contribution in [0.5, 0.6) is 28.7 Å². The standard InChI is InChI=1S/C15H22N2O2.C13H28N2O.C12H15NO2.C12H21NO.C11H21NO2S.C11H16O2.C10H12N2O.C10H20O2.C8H18N2.C6H14O.C4H9Cl.C4H10O/c1-15(2,3)17-9-13(10-17)16-14(18)19-11-12-7-5-4-6-8-12;1-13(2,3)5-4-6-14-7-8-15-9-11-16-12-10-15;1-12(2,3)15-11-6-9(8-13)5-10(7-11)14-4;1-12(2,3)7-5-8-13-10-11-6-4-9-14-11;1-11(2,3)12-6-10(7-12)15(13,14)8-9-4-5-9;1-11(2,3)13-10-7-5-6-9(8-10)12-4;1-10(2,3)13-9-4-8(5-11)6-12-7-9;1-10(2,3)6-5-9-11-7-4-8-12-9;1-8(2,3)10-5-7(4-9)6-10;1-5-7-6(2,3)4;2*1-4(2,3)5/h4-8,13H,9-11H2,1-3H3,(H,16,18);14H,4-12H2,1-3H3;5-7H,1-4H3;4,6,9,13H,5,7-8,10H2,1-3H3;9-10H,4-8H2,1-3H3;5-8H,1-4H3;4,6-7H,1-3H3;9H,4-8H2,1-3H3;7H,4-6,9H2,1-3H3;5H2,1-4H3;1-3H3;5H,1-3H3. The molecule has 5 aromatic rings. The van der Waals surface area contributed by atoms with Crippen LogP contribution >= 0.6 is 11.6 Å². The minimum Gasteiger partial charge on any atom is -0.497 e. The van der Waals surface area contributed by atoms with Gasteiger partial charge in [0.1, 0.15) is 64.0 Å². The zero-order valence-corrected chi connectivity index (χ0v) is 99.2. The molecule has 2 aromatic heterocycles. The first-order chi connectivity index (χ1) is 66.0. The molecule has 6 fully saturated rings. The van der Waals surface area contributed by atoms with Gasteiger partial charge in [-0.2, -0.15) is 10.5 Å². The molecule has 0 atom stereocenters. The topological polar surface area (TPSA) is 312 Å². The van der Waals surface area contributed by atoms with E-state index < -0.39 is 15.4 Å². The molecule has 6 aliphatic rings. The molecule has 7 heterocycles. The Kier molecular flexibility index (Phi) is 63.4. The van der Waals surface area contributed by atoms with Gasteiger partial charge < -0.3 is 78.6 Å². The predicted molar refractivity (Wildman–Crippen MR) is 597 cm³/mol. The van der Waals surface area contributed by atoms with Crippen molar-refractivity contribution >= 4 is 27.5 Å². The summed E-state index contributed by atoms with van der Waals surface area (Å²) in [7, 11) is 0.421. The number of carbonyl (C=O) groups is 1. The number of halogens is 1. The fraction of sp³-hybridized carbons (Fsp3) is 0.741. The third-order valence-corrected chi connectivity index (χ3v) is 23.5. The molecule has 11 rings (SSSR count). The van der Waals surface area contributed by atoms with Crippen molar-refractivity contribution in [3.05, 3.63) is 132 Å². The summed E-state index contributed by atoms with van der Waals surface area (Å²) in [6.45, 7) is 95.9. The molecule has 5 aliphatic heterocycles. The third kappa shape index (κ3) is 79.2. The molecule has 3 aromatic carbocycles. The highest BCUT2D eigenvalue weighted by molar-refractivity contribution is 7.92. The second-order valence-electron chi connectivity index (χ2n) is 50.2. The number of morpholine rings is 1. The van der Waals surface area contributed by atoms with Crippen LogP contribution in [0.3, 0.4) is 0 Å². The summed E-state index contributed by atoms with van der Waals surface area (Å²) in [5.74, 6) is 6.28. The first kappa shape index (κ1) is 137. The van der Waals surface area contributed by atoms with Gasteiger partial charge >= 0.3 is 6.09 Å². The third-order valence-electron chi connectivity index (χ3n) is 21.2. The van der Waals surface area contributed by atoms with Crippen molar-refractivity contribution in [2.75, 3.05) is 138 Å². The summed E-state index contributed by atoms with van der Waals surface area (Å²) >= 11 is 5.53. The van der Waals surface area contributed by atoms with E-state index in [0.717, 1.165) is 166 Å². The number of nitrogens with one attached hydrogen (secondary N) is 3. The Labute approximate surface area is 882 Å². The highest BCUT2D eigenvalue weighted by Crippen LogP contribution is 2.35. The summed E-state index contributed by atoms with van der Waals surface area (Å²) in [6.07, 6.45) is 15.1. The number of sulfone groups is 1. The van der Waals surface area contributed by atoms with Gasteiger partial charge in [-0.15, -0.1) is 11.6 Å². The molecule has 828 valence electrons. The van der Waals surface area contributed by atoms with Crippen LogP contribution in [-0.2, 0) is 46.7 Å². The average Bonchev–Trinajstić information content (AvgIpc) is 1.36. The van der Waals surface area contributed by atoms with Crippen LogP contribution in [0.2, 0.25) is 0 Å². The lowest BCUT2D eigenvalue weighted by Crippen LogP contribution is -2.64. The fourth-order valence-corrected chi connectivity index (χ4v) is 15.4. The molecule has 26 nitrogen and oxygen atoms in total. The summed E-state index contributed by atoms with van der Waals surface area (Å²) in [5.41, 5.74) is 8.39. The number of nitrogens with zero attached hydrogens (tertiary/aromatic N) is 7. The maximum Gasteiger partial charge on any atom is 0.407 e. The smallest absolute Gasteiger partial charge is 0.407 e. The van der Waals surface area contributed by atoms with Crippen molar-refractivity contribution in [2.24, 2.45) is 33.8 Å². The number of carbonyl (C=O) groups excluding carboxylic acids is 1. The number of alkyl carbamates (subject to hydrolysis) is 1. The number of alkyl halides is 1. The number of methoxy groups -OCH3 is 2. The number of aliphatic hydroxyl groups is 1. The molecule has 1 saturated carbocycles. The Morgan fingerprint density at radius 1 is 0.535 bits per heavy atom. The number of hydrogen-bond acceptors (Lipinski definition) is 25. The molecule has 0 bridgehead atoms. The van der Waals surface area contributed by atoms with Crippen LogP contribution in [0, 0.1) is 50.7 Å². The largest absolute Gasteiger partial charge is 0.497 e. The van der Waals surface area contributed by atoms with Crippen LogP contribution in [-0.4, -0.2) is 249 Å². The Morgan fingerprint density at radius 2 is 0.993 bits per heavy atom. The highest BCUT2D eigenvalue weighted by atomic mass is 35.5. The molecule has 28 heteroatoms. The number of rotatable bonds is 26. The first-order valence-corrected chi connectivity index (χ1v) is 54.5. The molecule has 0 unspecified atom stereocenters. The Balaban J connectivity index is 0.00000157. The fourth-order valence-electron chi connectivity index (χ4n) is 13.3. The summed E-state index contributed by atoms with van der Waals surface area (Å²) in [5, 5.41) is 35.6. The first-order valence-electron chi connectivity index (χ1n) is 52.4. The number of ether oxygens (including phenoxy) is 10. The van der Waals surface area contributed by atoms with Gasteiger partial charge in [-0.3, -0.25) is 24.6 Å². The van der Waals surface area contributed by atoms with E-state index in [4.69, 9.17) is 84.8 Å². The quantitative estimate of drug-likeness (QED) is 0.0254. The minimum atomic E-state index is -2.80. The molecule has 6 N–H and O–H groups in total. The van der Waals surface area contributed by atoms with Gasteiger partial charge in [0.05, 0.1) is 105 Å². The summed E-state index contributed by atoms with van der Waals surface area (Å²) in [4.78, 5) is 25.0. The van der Waals surface area contributed by atoms with E-state index in [1.165, 1.54) is 51.5 Å². The second kappa shape index (κ2) is 66.6. The molecule has 5 saturated heterocycles. The van der Waals surface area contributed by atoms with E-state index in [-0.39, 0.29) is 62.0 Å². The lowest BCUT2D eigenvalue weighted by Gasteiger charge is -2.47. The minimum absolute atomic E-state index is 0.0278. The summed E-state index contributed by atoms with van der Waals surface area (Å²) in [6, 6.07) is 32.4. The molecular weight excluding hydrogens is 1850 g/mol. The van der Waals surface area contributed by atoms with Gasteiger partial charge in [-0.05, 0) is 341 Å². The molecule has 1 aliphatic carbocycles. The molecule has 0 spiro atoms. The van der Waals surface area contributed by atoms with Gasteiger partial charge in [0.2, 0.25) is 0 Å². The van der Waals surface area contributed by atoms with Crippen LogP contribution < -0.4 is 45.4 Å². The van der Waals surface area contributed by atoms with E-state index in [2.05, 4.69) is 192 Å². The number of aromatic nitrogens is 1. The zero-order chi connectivity index (χ0) is 110. The lowest BCUT2D eigenvalue weighted by molar-refractivity contribution is -0.183. The SMILES string of the molecule is CC(C)(C)CCC1OCCCO1.CC(C)(C)CCCNCCN1CCOCC1.CC(C)(C)CCCNCc1ccco1.CC(C)(C)Cl.CC(C)(C)N1CC(CN)C1.CC(C)(C)N1CC(NC(=O)OCc2ccccc2)C1.CC(C)(C)N1CC(S(=O)(=O)CC2CC2)C1.CC(C)(C)O.CC(C)(C)Oc1cncc(C#N)c1.CCOC(C)(C)C.COc1cc(C#N)cc(OC(C)(C)C)c1.COc1cccc(OC(C)(C)C)c1. The van der Waals surface area contributed by atoms with Crippen molar-refractivity contribution in [1.29, 1.82) is 10.5 Å². The number of amides is 1. The maximum atomic E-state index is 11.9. The van der Waals surface area contributed by atoms with Crippen LogP contribution in [0.4, 0.5) is 4.79 Å². The number of nitrogens with two attached hydrogens (primary N) is 1. The number of furan rings is 1. The van der Waals surface area contributed by atoms with E-state index in [0.29, 0.717) is 68.4 Å². The van der Waals surface area contributed by atoms with E-state index in [9.17, 15) is 13.2 Å². The second-order valence-corrected chi connectivity index (χ2v) is 53.6. The number of benzene rings is 3. The molecular formula is C116H206ClN11O15S. The van der Waals surface area contributed by atoms with E-state index in [1.54, 1.807) is 71.7 Å². The van der Waals surface area contributed by atoms with Crippen molar-refractivity contribution in [3.8, 4) is 40.9 Å². The Morgan fingerprint density at radius 3 is 1.43 bits per heavy atom. The highest BCUT2D eigenvalue weighted by Gasteiger charge is 2.44. The monoisotopic (exact) mass is 2060 g/mol. The molecule has 0 radical (unpaired) electrons. The van der Waals surface area contributed by atoms with Crippen LogP contribution in [0.15, 0.2) is 114 Å². The number of nitriles is 2. The number of likely N-dealkylation sites (tertiary alicyclic amines) is 3. The average molecular weight is 2060 g/mol. The Hall–Kier alpha value is -6.90. The predicted octanol–water partition coefficient (Wildman–Crippen LogP) is 24.2. The van der Waals surface area contributed by atoms with Crippen molar-refractivity contribution in [1.82, 2.24) is 40.5 Å². The normalized spacial score (nSPS) is 15.9. The van der Waals surface area contributed by atoms with Crippen LogP contribution in [0.1, 0.15) is 336 Å². The molecule has 144 heavy (non-hydrogen) atoms. The lowest BCUT2D eigenvalue weighted by atomic mass is 9.90. The van der Waals surface area contributed by atoms with Gasteiger partial charge in [0, 0.05) is 118 Å². The van der Waals surface area contributed by atoms with Crippen molar-refractivity contribution in [3.63, 3.8) is 0 Å². The van der Waals surface area contributed by atoms with Crippen LogP contribution in [0.25, 0.3) is 0 Å². The van der Waals surface area contributed by atoms with E-state index >= 15 is 0 Å². The maximum absolute atomic E-state index is 11.9. The van der Waals surface area contributed by atoms with Gasteiger partial charge in [-0.1, -0.05) is 98.7 Å². The Bertz CT molecular complexity index is 4330. The van der Waals surface area contributed by atoms with Gasteiger partial charge in [-0.25, -0.2) is 13.2 Å². The number of pyridine rings is 1. The summed E-state index contributed by atoms with van der Waals surface area (Å²) < 4.78 is 82.7. The van der Waals surface area contributed by atoms with Crippen molar-refractivity contribution in [2.45, 2.75) is 394 Å². The van der Waals surface area contributed by atoms with E-state index in [1.807, 2.05) is 163 Å². The number of hydrogen-bond donors (Lipinski definition) is 5.